The van der Waals surface area contributed by atoms with Gasteiger partial charge in [-0.2, -0.15) is 0 Å². The molecule has 2 nitrogen and oxygen atoms in total. The fraction of sp³-hybridized carbons (Fsp3) is 0.500. The maximum atomic E-state index is 6.05. The van der Waals surface area contributed by atoms with Crippen molar-refractivity contribution in [1.82, 2.24) is 5.32 Å². The van der Waals surface area contributed by atoms with E-state index < -0.39 is 0 Å². The molecular formula is C16H23NO. The SMILES string of the molecule is CCc1c(CNC(C)(C)C)oc2c(C)cccc12. The van der Waals surface area contributed by atoms with Crippen molar-refractivity contribution in [2.24, 2.45) is 0 Å². The second kappa shape index (κ2) is 4.77. The van der Waals surface area contributed by atoms with Crippen molar-refractivity contribution in [2.75, 3.05) is 0 Å². The Hall–Kier alpha value is -1.28. The molecule has 0 aliphatic rings. The average Bonchev–Trinajstić information content (AvgIpc) is 2.64. The molecule has 1 aromatic carbocycles. The number of fused-ring (bicyclic) bond motifs is 1. The van der Waals surface area contributed by atoms with E-state index in [9.17, 15) is 0 Å². The van der Waals surface area contributed by atoms with Crippen molar-refractivity contribution in [2.45, 2.75) is 53.1 Å². The first-order chi connectivity index (χ1) is 8.42. The van der Waals surface area contributed by atoms with E-state index in [0.29, 0.717) is 0 Å². The van der Waals surface area contributed by atoms with Crippen LogP contribution in [-0.2, 0) is 13.0 Å². The number of rotatable bonds is 3. The third kappa shape index (κ3) is 2.59. The number of furan rings is 1. The van der Waals surface area contributed by atoms with Crippen LogP contribution in [0, 0.1) is 6.92 Å². The van der Waals surface area contributed by atoms with Crippen molar-refractivity contribution in [3.05, 3.63) is 35.1 Å². The van der Waals surface area contributed by atoms with Gasteiger partial charge >= 0.3 is 0 Å². The molecule has 1 aromatic heterocycles. The Morgan fingerprint density at radius 1 is 1.22 bits per heavy atom. The predicted molar refractivity (Wildman–Crippen MR) is 76.9 cm³/mol. The number of aryl methyl sites for hydroxylation is 2. The zero-order valence-corrected chi connectivity index (χ0v) is 12.1. The Bertz CT molecular complexity index is 546. The number of benzene rings is 1. The highest BCUT2D eigenvalue weighted by Gasteiger charge is 2.16. The van der Waals surface area contributed by atoms with Crippen molar-refractivity contribution < 1.29 is 4.42 Å². The normalized spacial score (nSPS) is 12.3. The van der Waals surface area contributed by atoms with E-state index in [2.05, 4.69) is 58.1 Å². The number of hydrogen-bond donors (Lipinski definition) is 1. The number of para-hydroxylation sites is 1. The van der Waals surface area contributed by atoms with Crippen molar-refractivity contribution in [1.29, 1.82) is 0 Å². The highest BCUT2D eigenvalue weighted by Crippen LogP contribution is 2.29. The van der Waals surface area contributed by atoms with Gasteiger partial charge in [0.2, 0.25) is 0 Å². The van der Waals surface area contributed by atoms with Crippen LogP contribution in [0.15, 0.2) is 22.6 Å². The molecule has 18 heavy (non-hydrogen) atoms. The summed E-state index contributed by atoms with van der Waals surface area (Å²) in [5.41, 5.74) is 3.70. The first kappa shape index (κ1) is 13.2. The van der Waals surface area contributed by atoms with E-state index in [-0.39, 0.29) is 5.54 Å². The predicted octanol–water partition coefficient (Wildman–Crippen LogP) is 4.19. The molecule has 2 heteroatoms. The molecule has 0 bridgehead atoms. The van der Waals surface area contributed by atoms with Gasteiger partial charge in [-0.3, -0.25) is 0 Å². The summed E-state index contributed by atoms with van der Waals surface area (Å²) in [7, 11) is 0. The van der Waals surface area contributed by atoms with Crippen molar-refractivity contribution in [3.63, 3.8) is 0 Å². The van der Waals surface area contributed by atoms with Crippen LogP contribution in [-0.4, -0.2) is 5.54 Å². The molecule has 0 radical (unpaired) electrons. The summed E-state index contributed by atoms with van der Waals surface area (Å²) in [5.74, 6) is 1.08. The molecule has 98 valence electrons. The Kier molecular flexibility index (Phi) is 3.49. The van der Waals surface area contributed by atoms with Crippen molar-refractivity contribution in [3.8, 4) is 0 Å². The number of nitrogens with one attached hydrogen (secondary N) is 1. The topological polar surface area (TPSA) is 25.2 Å². The molecular weight excluding hydrogens is 222 g/mol. The lowest BCUT2D eigenvalue weighted by Crippen LogP contribution is -2.35. The quantitative estimate of drug-likeness (QED) is 0.877. The van der Waals surface area contributed by atoms with Crippen LogP contribution in [0.3, 0.4) is 0 Å². The van der Waals surface area contributed by atoms with E-state index in [4.69, 9.17) is 4.42 Å². The summed E-state index contributed by atoms with van der Waals surface area (Å²) in [6.07, 6.45) is 1.01. The molecule has 1 N–H and O–H groups in total. The molecule has 0 saturated heterocycles. The highest BCUT2D eigenvalue weighted by atomic mass is 16.3. The van der Waals surface area contributed by atoms with Gasteiger partial charge in [0, 0.05) is 16.5 Å². The summed E-state index contributed by atoms with van der Waals surface area (Å²) < 4.78 is 6.05. The molecule has 2 rings (SSSR count). The zero-order valence-electron chi connectivity index (χ0n) is 12.1. The number of hydrogen-bond acceptors (Lipinski definition) is 2. The van der Waals surface area contributed by atoms with Crippen molar-refractivity contribution >= 4 is 11.0 Å². The summed E-state index contributed by atoms with van der Waals surface area (Å²) in [5, 5.41) is 4.77. The highest BCUT2D eigenvalue weighted by molar-refractivity contribution is 5.84. The Morgan fingerprint density at radius 3 is 2.56 bits per heavy atom. The largest absolute Gasteiger partial charge is 0.459 e. The molecule has 0 unspecified atom stereocenters. The fourth-order valence-corrected chi connectivity index (χ4v) is 2.24. The van der Waals surface area contributed by atoms with E-state index in [0.717, 1.165) is 24.3 Å². The second-order valence-corrected chi connectivity index (χ2v) is 5.91. The fourth-order valence-electron chi connectivity index (χ4n) is 2.24. The van der Waals surface area contributed by atoms with Crippen LogP contribution < -0.4 is 5.32 Å². The van der Waals surface area contributed by atoms with Gasteiger partial charge in [0.15, 0.2) is 0 Å². The smallest absolute Gasteiger partial charge is 0.137 e. The minimum absolute atomic E-state index is 0.110. The monoisotopic (exact) mass is 245 g/mol. The van der Waals surface area contributed by atoms with E-state index in [1.165, 1.54) is 16.5 Å². The molecule has 0 amide bonds. The van der Waals surface area contributed by atoms with Crippen LogP contribution in [0.4, 0.5) is 0 Å². The summed E-state index contributed by atoms with van der Waals surface area (Å²) >= 11 is 0. The first-order valence-electron chi connectivity index (χ1n) is 6.67. The maximum Gasteiger partial charge on any atom is 0.137 e. The van der Waals surface area contributed by atoms with Crippen LogP contribution in [0.25, 0.3) is 11.0 Å². The molecule has 0 spiro atoms. The van der Waals surface area contributed by atoms with Gasteiger partial charge < -0.3 is 9.73 Å². The van der Waals surface area contributed by atoms with E-state index in [1.54, 1.807) is 0 Å². The van der Waals surface area contributed by atoms with Gasteiger partial charge in [0.25, 0.3) is 0 Å². The standard InChI is InChI=1S/C16H23NO/c1-6-12-13-9-7-8-11(2)15(13)18-14(12)10-17-16(3,4)5/h7-9,17H,6,10H2,1-5H3. The molecule has 0 atom stereocenters. The minimum Gasteiger partial charge on any atom is -0.459 e. The summed E-state index contributed by atoms with van der Waals surface area (Å²) in [6.45, 7) is 11.6. The van der Waals surface area contributed by atoms with E-state index in [1.807, 2.05) is 0 Å². The molecule has 0 aliphatic heterocycles. The van der Waals surface area contributed by atoms with Gasteiger partial charge in [-0.25, -0.2) is 0 Å². The van der Waals surface area contributed by atoms with Gasteiger partial charge in [-0.05, 0) is 39.7 Å². The Morgan fingerprint density at radius 2 is 1.94 bits per heavy atom. The average molecular weight is 245 g/mol. The third-order valence-corrected chi connectivity index (χ3v) is 3.23. The lowest BCUT2D eigenvalue weighted by atomic mass is 10.1. The maximum absolute atomic E-state index is 6.05. The van der Waals surface area contributed by atoms with Crippen LogP contribution in [0.2, 0.25) is 0 Å². The Balaban J connectivity index is 2.41. The van der Waals surface area contributed by atoms with E-state index >= 15 is 0 Å². The lowest BCUT2D eigenvalue weighted by molar-refractivity contribution is 0.393. The lowest BCUT2D eigenvalue weighted by Gasteiger charge is -2.19. The van der Waals surface area contributed by atoms with Crippen LogP contribution in [0.1, 0.15) is 44.6 Å². The molecule has 1 heterocycles. The van der Waals surface area contributed by atoms with Gasteiger partial charge in [-0.15, -0.1) is 0 Å². The Labute approximate surface area is 109 Å². The third-order valence-electron chi connectivity index (χ3n) is 3.23. The van der Waals surface area contributed by atoms with Gasteiger partial charge in [-0.1, -0.05) is 25.1 Å². The minimum atomic E-state index is 0.110. The second-order valence-electron chi connectivity index (χ2n) is 5.91. The first-order valence-corrected chi connectivity index (χ1v) is 6.67. The summed E-state index contributed by atoms with van der Waals surface area (Å²) in [6, 6.07) is 6.37. The van der Waals surface area contributed by atoms with Crippen LogP contribution >= 0.6 is 0 Å². The zero-order chi connectivity index (χ0) is 13.3. The summed E-state index contributed by atoms with van der Waals surface area (Å²) in [4.78, 5) is 0. The molecule has 0 saturated carbocycles. The molecule has 0 aliphatic carbocycles. The van der Waals surface area contributed by atoms with Gasteiger partial charge in [0.05, 0.1) is 6.54 Å². The van der Waals surface area contributed by atoms with Crippen LogP contribution in [0.5, 0.6) is 0 Å². The van der Waals surface area contributed by atoms with Gasteiger partial charge in [0.1, 0.15) is 11.3 Å². The molecule has 2 aromatic rings. The molecule has 0 fully saturated rings.